The zero-order valence-corrected chi connectivity index (χ0v) is 15.5. The van der Waals surface area contributed by atoms with Crippen LogP contribution in [0.1, 0.15) is 40.4 Å². The van der Waals surface area contributed by atoms with Crippen LogP contribution in [0.25, 0.3) is 0 Å². The van der Waals surface area contributed by atoms with E-state index in [2.05, 4.69) is 10.3 Å². The van der Waals surface area contributed by atoms with Crippen LogP contribution in [0.4, 0.5) is 0 Å². The number of pyridine rings is 1. The Morgan fingerprint density at radius 1 is 1.04 bits per heavy atom. The summed E-state index contributed by atoms with van der Waals surface area (Å²) in [7, 11) is 1.62. The van der Waals surface area contributed by atoms with Crippen LogP contribution in [0.2, 0.25) is 0 Å². The SMILES string of the molecule is CCN(CC)C(=O)c1cccc(C(=O)NCCc2ccccc2OC)n1. The van der Waals surface area contributed by atoms with E-state index in [-0.39, 0.29) is 23.2 Å². The normalized spacial score (nSPS) is 10.3. The molecule has 0 saturated carbocycles. The minimum atomic E-state index is -0.297. The van der Waals surface area contributed by atoms with Gasteiger partial charge in [0.1, 0.15) is 17.1 Å². The predicted octanol–water partition coefficient (Wildman–Crippen LogP) is 2.54. The molecule has 0 spiro atoms. The Labute approximate surface area is 154 Å². The van der Waals surface area contributed by atoms with Crippen LogP contribution in [0, 0.1) is 0 Å². The molecule has 1 aromatic heterocycles. The van der Waals surface area contributed by atoms with Gasteiger partial charge in [0.05, 0.1) is 7.11 Å². The van der Waals surface area contributed by atoms with E-state index >= 15 is 0 Å². The third kappa shape index (κ3) is 4.81. The van der Waals surface area contributed by atoms with E-state index < -0.39 is 0 Å². The fourth-order valence-corrected chi connectivity index (χ4v) is 2.66. The number of carbonyl (C=O) groups excluding carboxylic acids is 2. The Morgan fingerprint density at radius 3 is 2.42 bits per heavy atom. The first kappa shape index (κ1) is 19.4. The van der Waals surface area contributed by atoms with Crippen molar-refractivity contribution in [2.45, 2.75) is 20.3 Å². The van der Waals surface area contributed by atoms with Gasteiger partial charge in [-0.25, -0.2) is 4.98 Å². The molecular weight excluding hydrogens is 330 g/mol. The van der Waals surface area contributed by atoms with Crippen LogP contribution < -0.4 is 10.1 Å². The van der Waals surface area contributed by atoms with Crippen LogP contribution in [-0.2, 0) is 6.42 Å². The second-order valence-corrected chi connectivity index (χ2v) is 5.70. The van der Waals surface area contributed by atoms with Gasteiger partial charge in [0, 0.05) is 19.6 Å². The highest BCUT2D eigenvalue weighted by atomic mass is 16.5. The van der Waals surface area contributed by atoms with Gasteiger partial charge in [0.25, 0.3) is 11.8 Å². The number of amides is 2. The molecule has 2 rings (SSSR count). The summed E-state index contributed by atoms with van der Waals surface area (Å²) in [4.78, 5) is 30.6. The van der Waals surface area contributed by atoms with E-state index in [0.29, 0.717) is 26.1 Å². The van der Waals surface area contributed by atoms with Crippen LogP contribution in [-0.4, -0.2) is 48.4 Å². The number of methoxy groups -OCH3 is 1. The van der Waals surface area contributed by atoms with E-state index in [4.69, 9.17) is 4.74 Å². The number of nitrogens with one attached hydrogen (secondary N) is 1. The Hall–Kier alpha value is -2.89. The average Bonchev–Trinajstić information content (AvgIpc) is 2.69. The van der Waals surface area contributed by atoms with Gasteiger partial charge in [-0.3, -0.25) is 9.59 Å². The van der Waals surface area contributed by atoms with Crippen molar-refractivity contribution in [2.24, 2.45) is 0 Å². The van der Waals surface area contributed by atoms with Crippen LogP contribution in [0.5, 0.6) is 5.75 Å². The van der Waals surface area contributed by atoms with E-state index in [1.807, 2.05) is 38.1 Å². The molecule has 0 aliphatic carbocycles. The van der Waals surface area contributed by atoms with Gasteiger partial charge in [-0.05, 0) is 44.0 Å². The number of ether oxygens (including phenoxy) is 1. The summed E-state index contributed by atoms with van der Waals surface area (Å²) in [6, 6.07) is 12.6. The lowest BCUT2D eigenvalue weighted by molar-refractivity contribution is 0.0767. The lowest BCUT2D eigenvalue weighted by atomic mass is 10.1. The maximum atomic E-state index is 12.4. The number of benzene rings is 1. The number of hydrogen-bond acceptors (Lipinski definition) is 4. The van der Waals surface area contributed by atoms with E-state index in [1.165, 1.54) is 0 Å². The second-order valence-electron chi connectivity index (χ2n) is 5.70. The van der Waals surface area contributed by atoms with Crippen molar-refractivity contribution in [1.82, 2.24) is 15.2 Å². The fourth-order valence-electron chi connectivity index (χ4n) is 2.66. The average molecular weight is 355 g/mol. The van der Waals surface area contributed by atoms with Crippen molar-refractivity contribution in [3.8, 4) is 5.75 Å². The highest BCUT2D eigenvalue weighted by Crippen LogP contribution is 2.17. The number of aromatic nitrogens is 1. The number of carbonyl (C=O) groups is 2. The summed E-state index contributed by atoms with van der Waals surface area (Å²) in [5, 5.41) is 2.84. The van der Waals surface area contributed by atoms with Crippen LogP contribution in [0.3, 0.4) is 0 Å². The van der Waals surface area contributed by atoms with E-state index in [1.54, 1.807) is 30.2 Å². The van der Waals surface area contributed by atoms with Crippen molar-refractivity contribution in [1.29, 1.82) is 0 Å². The van der Waals surface area contributed by atoms with Crippen molar-refractivity contribution < 1.29 is 14.3 Å². The van der Waals surface area contributed by atoms with Crippen molar-refractivity contribution in [3.63, 3.8) is 0 Å². The molecule has 0 aliphatic heterocycles. The Morgan fingerprint density at radius 2 is 1.73 bits per heavy atom. The summed E-state index contributed by atoms with van der Waals surface area (Å²) in [5.41, 5.74) is 1.54. The van der Waals surface area contributed by atoms with Crippen LogP contribution >= 0.6 is 0 Å². The van der Waals surface area contributed by atoms with Crippen molar-refractivity contribution in [2.75, 3.05) is 26.7 Å². The first-order chi connectivity index (χ1) is 12.6. The van der Waals surface area contributed by atoms with Crippen molar-refractivity contribution >= 4 is 11.8 Å². The number of hydrogen-bond donors (Lipinski definition) is 1. The third-order valence-electron chi connectivity index (χ3n) is 4.12. The van der Waals surface area contributed by atoms with E-state index in [9.17, 15) is 9.59 Å². The fraction of sp³-hybridized carbons (Fsp3) is 0.350. The van der Waals surface area contributed by atoms with Gasteiger partial charge < -0.3 is 15.0 Å². The largest absolute Gasteiger partial charge is 0.496 e. The van der Waals surface area contributed by atoms with Gasteiger partial charge in [-0.1, -0.05) is 24.3 Å². The third-order valence-corrected chi connectivity index (χ3v) is 4.12. The molecule has 1 heterocycles. The standard InChI is InChI=1S/C20H25N3O3/c1-4-23(5-2)20(25)17-11-8-10-16(22-17)19(24)21-14-13-15-9-6-7-12-18(15)26-3/h6-12H,4-5,13-14H2,1-3H3,(H,21,24). The molecule has 26 heavy (non-hydrogen) atoms. The molecule has 0 atom stereocenters. The zero-order chi connectivity index (χ0) is 18.9. The number of nitrogens with zero attached hydrogens (tertiary/aromatic N) is 2. The molecule has 0 fully saturated rings. The summed E-state index contributed by atoms with van der Waals surface area (Å²) in [6.07, 6.45) is 0.647. The minimum Gasteiger partial charge on any atom is -0.496 e. The lowest BCUT2D eigenvalue weighted by Gasteiger charge is -2.18. The minimum absolute atomic E-state index is 0.168. The van der Waals surface area contributed by atoms with Gasteiger partial charge >= 0.3 is 0 Å². The lowest BCUT2D eigenvalue weighted by Crippen LogP contribution is -2.32. The summed E-state index contributed by atoms with van der Waals surface area (Å²) >= 11 is 0. The van der Waals surface area contributed by atoms with Gasteiger partial charge in [0.2, 0.25) is 0 Å². The molecule has 1 N–H and O–H groups in total. The summed E-state index contributed by atoms with van der Waals surface area (Å²) < 4.78 is 5.31. The smallest absolute Gasteiger partial charge is 0.272 e. The highest BCUT2D eigenvalue weighted by Gasteiger charge is 2.16. The molecule has 0 aliphatic rings. The molecule has 0 unspecified atom stereocenters. The van der Waals surface area contributed by atoms with Crippen molar-refractivity contribution in [3.05, 3.63) is 59.4 Å². The molecule has 0 radical (unpaired) electrons. The monoisotopic (exact) mass is 355 g/mol. The quantitative estimate of drug-likeness (QED) is 0.790. The predicted molar refractivity (Wildman–Crippen MR) is 101 cm³/mol. The van der Waals surface area contributed by atoms with Gasteiger partial charge in [0.15, 0.2) is 0 Å². The highest BCUT2D eigenvalue weighted by molar-refractivity contribution is 5.96. The maximum absolute atomic E-state index is 12.4. The zero-order valence-electron chi connectivity index (χ0n) is 15.5. The molecule has 2 amide bonds. The summed E-state index contributed by atoms with van der Waals surface area (Å²) in [6.45, 7) is 5.49. The molecule has 0 bridgehead atoms. The van der Waals surface area contributed by atoms with Crippen LogP contribution in [0.15, 0.2) is 42.5 Å². The number of para-hydroxylation sites is 1. The van der Waals surface area contributed by atoms with E-state index in [0.717, 1.165) is 11.3 Å². The molecule has 6 heteroatoms. The Kier molecular flexibility index (Phi) is 7.14. The molecular formula is C20H25N3O3. The Balaban J connectivity index is 1.99. The first-order valence-electron chi connectivity index (χ1n) is 8.77. The Bertz CT molecular complexity index is 757. The molecule has 0 saturated heterocycles. The summed E-state index contributed by atoms with van der Waals surface area (Å²) in [5.74, 6) is 0.333. The first-order valence-corrected chi connectivity index (χ1v) is 8.77. The van der Waals surface area contributed by atoms with Gasteiger partial charge in [-0.2, -0.15) is 0 Å². The number of rotatable bonds is 8. The topological polar surface area (TPSA) is 71.5 Å². The molecule has 2 aromatic rings. The van der Waals surface area contributed by atoms with Gasteiger partial charge in [-0.15, -0.1) is 0 Å². The maximum Gasteiger partial charge on any atom is 0.272 e. The molecule has 138 valence electrons. The second kappa shape index (κ2) is 9.56. The molecule has 1 aromatic carbocycles. The molecule has 6 nitrogen and oxygen atoms in total.